The van der Waals surface area contributed by atoms with Crippen molar-refractivity contribution in [2.24, 2.45) is 0 Å². The summed E-state index contributed by atoms with van der Waals surface area (Å²) in [4.78, 5) is 29.4. The van der Waals surface area contributed by atoms with Gasteiger partial charge in [0.1, 0.15) is 12.3 Å². The number of fused-ring (bicyclic) bond motifs is 1. The fraction of sp³-hybridized carbons (Fsp3) is 0.160. The van der Waals surface area contributed by atoms with Gasteiger partial charge in [0, 0.05) is 12.3 Å². The molecule has 0 atom stereocenters. The van der Waals surface area contributed by atoms with Gasteiger partial charge in [-0.2, -0.15) is 0 Å². The highest BCUT2D eigenvalue weighted by atomic mass is 16.5. The molecule has 30 heavy (non-hydrogen) atoms. The molecule has 2 heterocycles. The first-order chi connectivity index (χ1) is 14.6. The van der Waals surface area contributed by atoms with Gasteiger partial charge in [0.2, 0.25) is 0 Å². The molecule has 2 aromatic carbocycles. The lowest BCUT2D eigenvalue weighted by Gasteiger charge is -2.10. The summed E-state index contributed by atoms with van der Waals surface area (Å²) in [5.41, 5.74) is 4.47. The molecule has 0 bridgehead atoms. The van der Waals surface area contributed by atoms with Crippen molar-refractivity contribution in [3.8, 4) is 0 Å². The molecule has 0 aliphatic heterocycles. The van der Waals surface area contributed by atoms with E-state index in [0.29, 0.717) is 16.9 Å². The Morgan fingerprint density at radius 1 is 0.967 bits per heavy atom. The predicted molar refractivity (Wildman–Crippen MR) is 116 cm³/mol. The van der Waals surface area contributed by atoms with E-state index in [0.717, 1.165) is 24.0 Å². The number of hydrogen-bond donors (Lipinski definition) is 0. The van der Waals surface area contributed by atoms with Crippen molar-refractivity contribution in [2.45, 2.75) is 26.4 Å². The largest absolute Gasteiger partial charge is 0.456 e. The molecule has 0 saturated heterocycles. The molecule has 2 aromatic heterocycles. The highest BCUT2D eigenvalue weighted by Crippen LogP contribution is 2.15. The lowest BCUT2D eigenvalue weighted by molar-refractivity contribution is 0.0466. The summed E-state index contributed by atoms with van der Waals surface area (Å²) in [5.74, 6) is -0.412. The van der Waals surface area contributed by atoms with Crippen molar-refractivity contribution < 1.29 is 9.53 Å². The molecule has 0 aliphatic carbocycles. The van der Waals surface area contributed by atoms with Gasteiger partial charge in [-0.15, -0.1) is 0 Å². The van der Waals surface area contributed by atoms with E-state index in [1.807, 2.05) is 55.5 Å². The van der Waals surface area contributed by atoms with E-state index < -0.39 is 5.97 Å². The first-order valence-electron chi connectivity index (χ1n) is 9.88. The molecule has 5 heteroatoms. The second-order valence-electron chi connectivity index (χ2n) is 7.24. The number of aromatic nitrogens is 2. The van der Waals surface area contributed by atoms with Crippen LogP contribution in [0.3, 0.4) is 0 Å². The number of carbonyl (C=O) groups is 1. The summed E-state index contributed by atoms with van der Waals surface area (Å²) in [6.45, 7) is 1.89. The SMILES string of the molecule is Cc1ccn2c(=O)cc(COC(=O)c3ccccc3CCc3ccccc3)nc2c1. The van der Waals surface area contributed by atoms with E-state index in [4.69, 9.17) is 4.74 Å². The number of hydrogen-bond acceptors (Lipinski definition) is 4. The van der Waals surface area contributed by atoms with Crippen LogP contribution in [0.5, 0.6) is 0 Å². The molecular formula is C25H22N2O3. The quantitative estimate of drug-likeness (QED) is 0.458. The Kier molecular flexibility index (Phi) is 5.70. The van der Waals surface area contributed by atoms with Crippen LogP contribution in [0.15, 0.2) is 83.8 Å². The third-order valence-corrected chi connectivity index (χ3v) is 4.99. The standard InChI is InChI=1S/C25H22N2O3/c1-18-13-14-27-23(15-18)26-21(16-24(27)28)17-30-25(29)22-10-6-5-9-20(22)12-11-19-7-3-2-4-8-19/h2-10,13-16H,11-12,17H2,1H3. The normalized spacial score (nSPS) is 10.8. The third kappa shape index (κ3) is 4.46. The maximum absolute atomic E-state index is 12.7. The van der Waals surface area contributed by atoms with Crippen LogP contribution in [0, 0.1) is 6.92 Å². The Balaban J connectivity index is 1.48. The Bertz CT molecular complexity index is 1250. The number of carbonyl (C=O) groups excluding carboxylic acids is 1. The van der Waals surface area contributed by atoms with Crippen LogP contribution in [0.1, 0.15) is 32.7 Å². The third-order valence-electron chi connectivity index (χ3n) is 4.99. The van der Waals surface area contributed by atoms with E-state index in [1.54, 1.807) is 12.3 Å². The number of rotatable bonds is 6. The first kappa shape index (κ1) is 19.6. The zero-order chi connectivity index (χ0) is 20.9. The molecule has 0 N–H and O–H groups in total. The number of benzene rings is 2. The van der Waals surface area contributed by atoms with Crippen molar-refractivity contribution in [1.82, 2.24) is 9.38 Å². The van der Waals surface area contributed by atoms with Crippen LogP contribution < -0.4 is 5.56 Å². The molecule has 0 unspecified atom stereocenters. The van der Waals surface area contributed by atoms with Gasteiger partial charge >= 0.3 is 5.97 Å². The van der Waals surface area contributed by atoms with Crippen LogP contribution in [-0.2, 0) is 24.2 Å². The van der Waals surface area contributed by atoms with E-state index in [1.165, 1.54) is 16.0 Å². The fourth-order valence-electron chi connectivity index (χ4n) is 3.41. The molecule has 0 fully saturated rings. The van der Waals surface area contributed by atoms with Crippen LogP contribution >= 0.6 is 0 Å². The minimum Gasteiger partial charge on any atom is -0.456 e. The van der Waals surface area contributed by atoms with Gasteiger partial charge in [-0.05, 0) is 54.7 Å². The first-order valence-corrected chi connectivity index (χ1v) is 9.88. The van der Waals surface area contributed by atoms with Crippen LogP contribution in [0.2, 0.25) is 0 Å². The van der Waals surface area contributed by atoms with E-state index >= 15 is 0 Å². The topological polar surface area (TPSA) is 60.7 Å². The molecule has 0 saturated carbocycles. The molecule has 4 aromatic rings. The molecule has 5 nitrogen and oxygen atoms in total. The Morgan fingerprint density at radius 2 is 1.73 bits per heavy atom. The van der Waals surface area contributed by atoms with E-state index in [2.05, 4.69) is 17.1 Å². The fourth-order valence-corrected chi connectivity index (χ4v) is 3.41. The van der Waals surface area contributed by atoms with Gasteiger partial charge in [-0.3, -0.25) is 9.20 Å². The molecule has 4 rings (SSSR count). The molecular weight excluding hydrogens is 376 g/mol. The zero-order valence-corrected chi connectivity index (χ0v) is 16.7. The lowest BCUT2D eigenvalue weighted by Crippen LogP contribution is -2.17. The Hall–Kier alpha value is -3.73. The van der Waals surface area contributed by atoms with Crippen molar-refractivity contribution in [3.63, 3.8) is 0 Å². The van der Waals surface area contributed by atoms with E-state index in [-0.39, 0.29) is 12.2 Å². The van der Waals surface area contributed by atoms with E-state index in [9.17, 15) is 9.59 Å². The molecule has 0 amide bonds. The maximum Gasteiger partial charge on any atom is 0.338 e. The minimum atomic E-state index is -0.412. The average molecular weight is 398 g/mol. The highest BCUT2D eigenvalue weighted by molar-refractivity contribution is 5.91. The lowest BCUT2D eigenvalue weighted by atomic mass is 10.00. The van der Waals surface area contributed by atoms with Crippen LogP contribution in [0.25, 0.3) is 5.65 Å². The number of nitrogens with zero attached hydrogens (tertiary/aromatic N) is 2. The number of aryl methyl sites for hydroxylation is 3. The molecule has 0 aliphatic rings. The van der Waals surface area contributed by atoms with Gasteiger partial charge in [0.05, 0.1) is 11.3 Å². The van der Waals surface area contributed by atoms with Crippen LogP contribution in [0.4, 0.5) is 0 Å². The van der Waals surface area contributed by atoms with Gasteiger partial charge in [-0.1, -0.05) is 48.5 Å². The van der Waals surface area contributed by atoms with Crippen molar-refractivity contribution in [3.05, 3.63) is 117 Å². The van der Waals surface area contributed by atoms with Crippen molar-refractivity contribution >= 4 is 11.6 Å². The second-order valence-corrected chi connectivity index (χ2v) is 7.24. The summed E-state index contributed by atoms with van der Waals surface area (Å²) < 4.78 is 6.96. The molecule has 150 valence electrons. The molecule has 0 radical (unpaired) electrons. The summed E-state index contributed by atoms with van der Waals surface area (Å²) >= 11 is 0. The maximum atomic E-state index is 12.7. The summed E-state index contributed by atoms with van der Waals surface area (Å²) in [5, 5.41) is 0. The van der Waals surface area contributed by atoms with Crippen LogP contribution in [-0.4, -0.2) is 15.4 Å². The zero-order valence-electron chi connectivity index (χ0n) is 16.7. The Morgan fingerprint density at radius 3 is 2.57 bits per heavy atom. The van der Waals surface area contributed by atoms with Gasteiger partial charge in [-0.25, -0.2) is 9.78 Å². The van der Waals surface area contributed by atoms with Crippen molar-refractivity contribution in [1.29, 1.82) is 0 Å². The highest BCUT2D eigenvalue weighted by Gasteiger charge is 2.13. The second kappa shape index (κ2) is 8.74. The number of ether oxygens (including phenoxy) is 1. The number of esters is 1. The average Bonchev–Trinajstić information content (AvgIpc) is 2.76. The minimum absolute atomic E-state index is 0.0501. The van der Waals surface area contributed by atoms with Gasteiger partial charge in [0.25, 0.3) is 5.56 Å². The van der Waals surface area contributed by atoms with Gasteiger partial charge in [0.15, 0.2) is 0 Å². The predicted octanol–water partition coefficient (Wildman–Crippen LogP) is 4.15. The molecule has 0 spiro atoms. The van der Waals surface area contributed by atoms with Crippen molar-refractivity contribution in [2.75, 3.05) is 0 Å². The van der Waals surface area contributed by atoms with Gasteiger partial charge < -0.3 is 4.74 Å². The smallest absolute Gasteiger partial charge is 0.338 e. The summed E-state index contributed by atoms with van der Waals surface area (Å²) in [6, 6.07) is 22.7. The number of pyridine rings is 1. The summed E-state index contributed by atoms with van der Waals surface area (Å²) in [7, 11) is 0. The Labute approximate surface area is 174 Å². The monoisotopic (exact) mass is 398 g/mol. The summed E-state index contributed by atoms with van der Waals surface area (Å²) in [6.07, 6.45) is 3.27.